The molecule has 2 aromatic rings. The number of rotatable bonds is 6. The summed E-state index contributed by atoms with van der Waals surface area (Å²) in [5.74, 6) is 0.589. The molecule has 0 aliphatic carbocycles. The molecule has 2 N–H and O–H groups in total. The molecule has 0 spiro atoms. The predicted octanol–water partition coefficient (Wildman–Crippen LogP) is 2.87. The van der Waals surface area contributed by atoms with E-state index in [1.54, 1.807) is 24.3 Å². The van der Waals surface area contributed by atoms with Crippen LogP contribution in [-0.2, 0) is 10.0 Å². The summed E-state index contributed by atoms with van der Waals surface area (Å²) in [5, 5.41) is 13.3. The first-order valence-electron chi connectivity index (χ1n) is 6.68. The van der Waals surface area contributed by atoms with Gasteiger partial charge in [-0.15, -0.1) is 0 Å². The third-order valence-corrected chi connectivity index (χ3v) is 4.54. The van der Waals surface area contributed by atoms with Crippen molar-refractivity contribution in [3.8, 4) is 11.5 Å². The van der Waals surface area contributed by atoms with E-state index in [4.69, 9.17) is 4.74 Å². The Morgan fingerprint density at radius 3 is 2.61 bits per heavy atom. The Morgan fingerprint density at radius 1 is 1.26 bits per heavy atom. The number of sulfonamides is 1. The van der Waals surface area contributed by atoms with Gasteiger partial charge < -0.3 is 9.84 Å². The van der Waals surface area contributed by atoms with Gasteiger partial charge in [-0.05, 0) is 49.4 Å². The van der Waals surface area contributed by atoms with Crippen molar-refractivity contribution >= 4 is 32.2 Å². The Morgan fingerprint density at radius 2 is 1.96 bits per heavy atom. The lowest BCUT2D eigenvalue weighted by molar-refractivity contribution is 0.340. The van der Waals surface area contributed by atoms with Crippen LogP contribution in [0.1, 0.15) is 12.5 Å². The summed E-state index contributed by atoms with van der Waals surface area (Å²) < 4.78 is 30.2. The van der Waals surface area contributed by atoms with Gasteiger partial charge >= 0.3 is 0 Å². The second kappa shape index (κ2) is 7.47. The van der Waals surface area contributed by atoms with E-state index in [0.717, 1.165) is 4.47 Å². The molecule has 0 saturated carbocycles. The van der Waals surface area contributed by atoms with Crippen molar-refractivity contribution in [2.24, 2.45) is 5.10 Å². The van der Waals surface area contributed by atoms with Crippen LogP contribution >= 0.6 is 15.9 Å². The fourth-order valence-corrected chi connectivity index (χ4v) is 2.90. The highest BCUT2D eigenvalue weighted by atomic mass is 79.9. The molecule has 122 valence electrons. The average Bonchev–Trinajstić information content (AvgIpc) is 2.51. The minimum absolute atomic E-state index is 0.00258. The number of hydrogen-bond donors (Lipinski definition) is 2. The SMILES string of the molecule is CCOc1ccc(S(=O)(=O)NN=Cc2cc(Br)ccc2O)cc1. The van der Waals surface area contributed by atoms with Crippen LogP contribution in [0.4, 0.5) is 0 Å². The van der Waals surface area contributed by atoms with Crippen LogP contribution in [0.25, 0.3) is 0 Å². The van der Waals surface area contributed by atoms with Crippen LogP contribution in [0.2, 0.25) is 0 Å². The van der Waals surface area contributed by atoms with Gasteiger partial charge in [0.15, 0.2) is 0 Å². The fraction of sp³-hybridized carbons (Fsp3) is 0.133. The summed E-state index contributed by atoms with van der Waals surface area (Å²) in [5.41, 5.74) is 0.383. The Balaban J connectivity index is 2.11. The highest BCUT2D eigenvalue weighted by molar-refractivity contribution is 9.10. The number of halogens is 1. The molecule has 0 bridgehead atoms. The standard InChI is InChI=1S/C15H15BrN2O4S/c1-2-22-13-4-6-14(7-5-13)23(20,21)18-17-10-11-9-12(16)3-8-15(11)19/h3-10,18-19H,2H2,1H3. The lowest BCUT2D eigenvalue weighted by atomic mass is 10.2. The summed E-state index contributed by atoms with van der Waals surface area (Å²) in [6.45, 7) is 2.35. The number of hydrazone groups is 1. The normalized spacial score (nSPS) is 11.6. The smallest absolute Gasteiger partial charge is 0.276 e. The molecule has 0 aliphatic heterocycles. The molecule has 0 amide bonds. The molecule has 8 heteroatoms. The van der Waals surface area contributed by atoms with Crippen LogP contribution < -0.4 is 9.57 Å². The molecule has 0 fully saturated rings. The lowest BCUT2D eigenvalue weighted by Crippen LogP contribution is -2.18. The van der Waals surface area contributed by atoms with Crippen LogP contribution in [0.3, 0.4) is 0 Å². The van der Waals surface area contributed by atoms with E-state index in [-0.39, 0.29) is 10.6 Å². The van der Waals surface area contributed by atoms with Crippen molar-refractivity contribution < 1.29 is 18.3 Å². The number of ether oxygens (including phenoxy) is 1. The Labute approximate surface area is 143 Å². The maximum atomic E-state index is 12.1. The Bertz CT molecular complexity index is 805. The van der Waals surface area contributed by atoms with Crippen LogP contribution in [0, 0.1) is 0 Å². The summed E-state index contributed by atoms with van der Waals surface area (Å²) in [7, 11) is -3.78. The van der Waals surface area contributed by atoms with E-state index < -0.39 is 10.0 Å². The maximum absolute atomic E-state index is 12.1. The first kappa shape index (κ1) is 17.3. The summed E-state index contributed by atoms with van der Waals surface area (Å²) in [6, 6.07) is 10.8. The fourth-order valence-electron chi connectivity index (χ4n) is 1.73. The van der Waals surface area contributed by atoms with E-state index in [1.807, 2.05) is 6.92 Å². The van der Waals surface area contributed by atoms with Crippen molar-refractivity contribution in [2.45, 2.75) is 11.8 Å². The molecule has 0 aromatic heterocycles. The molecule has 2 aromatic carbocycles. The minimum atomic E-state index is -3.78. The van der Waals surface area contributed by atoms with Gasteiger partial charge in [0.25, 0.3) is 10.0 Å². The molecule has 0 radical (unpaired) electrons. The maximum Gasteiger partial charge on any atom is 0.276 e. The number of aromatic hydroxyl groups is 1. The van der Waals surface area contributed by atoms with E-state index in [0.29, 0.717) is 17.9 Å². The number of phenolic OH excluding ortho intramolecular Hbond substituents is 1. The average molecular weight is 399 g/mol. The molecular weight excluding hydrogens is 384 g/mol. The van der Waals surface area contributed by atoms with Crippen molar-refractivity contribution in [3.63, 3.8) is 0 Å². The third kappa shape index (κ3) is 4.70. The van der Waals surface area contributed by atoms with Gasteiger partial charge in [-0.25, -0.2) is 4.83 Å². The van der Waals surface area contributed by atoms with Gasteiger partial charge in [0.2, 0.25) is 0 Å². The molecule has 0 aliphatic rings. The molecule has 23 heavy (non-hydrogen) atoms. The summed E-state index contributed by atoms with van der Waals surface area (Å²) in [6.07, 6.45) is 1.23. The molecule has 0 unspecified atom stereocenters. The zero-order chi connectivity index (χ0) is 16.9. The zero-order valence-electron chi connectivity index (χ0n) is 12.2. The largest absolute Gasteiger partial charge is 0.507 e. The quantitative estimate of drug-likeness (QED) is 0.578. The number of benzene rings is 2. The van der Waals surface area contributed by atoms with E-state index in [2.05, 4.69) is 25.9 Å². The van der Waals surface area contributed by atoms with Gasteiger partial charge in [0.1, 0.15) is 11.5 Å². The number of hydrogen-bond acceptors (Lipinski definition) is 5. The monoisotopic (exact) mass is 398 g/mol. The first-order chi connectivity index (χ1) is 10.9. The van der Waals surface area contributed by atoms with Gasteiger partial charge in [0, 0.05) is 10.0 Å². The van der Waals surface area contributed by atoms with Crippen molar-refractivity contribution in [1.82, 2.24) is 4.83 Å². The van der Waals surface area contributed by atoms with E-state index >= 15 is 0 Å². The minimum Gasteiger partial charge on any atom is -0.507 e. The van der Waals surface area contributed by atoms with Gasteiger partial charge in [-0.3, -0.25) is 0 Å². The molecule has 0 heterocycles. The molecule has 6 nitrogen and oxygen atoms in total. The van der Waals surface area contributed by atoms with Gasteiger partial charge in [-0.1, -0.05) is 15.9 Å². The Hall–Kier alpha value is -2.06. The Kier molecular flexibility index (Phi) is 5.62. The number of nitrogens with one attached hydrogen (secondary N) is 1. The highest BCUT2D eigenvalue weighted by Crippen LogP contribution is 2.20. The first-order valence-corrected chi connectivity index (χ1v) is 8.96. The molecule has 0 saturated heterocycles. The molecule has 0 atom stereocenters. The van der Waals surface area contributed by atoms with Crippen molar-refractivity contribution in [2.75, 3.05) is 6.61 Å². The van der Waals surface area contributed by atoms with E-state index in [9.17, 15) is 13.5 Å². The summed E-state index contributed by atoms with van der Waals surface area (Å²) in [4.78, 5) is 2.16. The number of nitrogens with zero attached hydrogens (tertiary/aromatic N) is 1. The van der Waals surface area contributed by atoms with Crippen LogP contribution in [0.5, 0.6) is 11.5 Å². The van der Waals surface area contributed by atoms with Crippen molar-refractivity contribution in [1.29, 1.82) is 0 Å². The van der Waals surface area contributed by atoms with Gasteiger partial charge in [-0.2, -0.15) is 13.5 Å². The topological polar surface area (TPSA) is 88.0 Å². The number of phenols is 1. The second-order valence-electron chi connectivity index (χ2n) is 4.46. The van der Waals surface area contributed by atoms with Crippen LogP contribution in [-0.4, -0.2) is 26.3 Å². The summed E-state index contributed by atoms with van der Waals surface area (Å²) >= 11 is 3.26. The van der Waals surface area contributed by atoms with E-state index in [1.165, 1.54) is 24.4 Å². The van der Waals surface area contributed by atoms with Crippen molar-refractivity contribution in [3.05, 3.63) is 52.5 Å². The lowest BCUT2D eigenvalue weighted by Gasteiger charge is -2.06. The third-order valence-electron chi connectivity index (χ3n) is 2.81. The zero-order valence-corrected chi connectivity index (χ0v) is 14.6. The molecule has 2 rings (SSSR count). The van der Waals surface area contributed by atoms with Gasteiger partial charge in [0.05, 0.1) is 17.7 Å². The predicted molar refractivity (Wildman–Crippen MR) is 91.3 cm³/mol. The second-order valence-corrected chi connectivity index (χ2v) is 7.04. The highest BCUT2D eigenvalue weighted by Gasteiger charge is 2.12. The van der Waals surface area contributed by atoms with Crippen LogP contribution in [0.15, 0.2) is 56.9 Å². The molecular formula is C15H15BrN2O4S.